The molecule has 0 unspecified atom stereocenters. The molecule has 1 saturated heterocycles. The minimum Gasteiger partial charge on any atom is -0.492 e. The summed E-state index contributed by atoms with van der Waals surface area (Å²) >= 11 is 0. The third-order valence-electron chi connectivity index (χ3n) is 6.05. The van der Waals surface area contributed by atoms with E-state index in [1.54, 1.807) is 12.3 Å². The van der Waals surface area contributed by atoms with E-state index >= 15 is 0 Å². The maximum absolute atomic E-state index is 13.2. The lowest BCUT2D eigenvalue weighted by atomic mass is 9.97. The number of carbonyl (C=O) groups excluding carboxylic acids is 1. The number of rotatable bonds is 4. The number of carbonyl (C=O) groups is 1. The standard InChI is InChI=1S/C22H28N4O3/c1-15(2)24(3)17-11-21(27)26(23-12-17)16-7-6-10-25(13-16)22(28)19-14-29-20-9-5-4-8-18(19)20/h4-5,8-9,11-12,15-16,19H,6-7,10,13-14H2,1-3H3/t16-,19+/m1/s1. The average molecular weight is 396 g/mol. The molecule has 154 valence electrons. The molecule has 2 aliphatic rings. The smallest absolute Gasteiger partial charge is 0.269 e. The zero-order valence-corrected chi connectivity index (χ0v) is 17.2. The number of fused-ring (bicyclic) bond motifs is 1. The summed E-state index contributed by atoms with van der Waals surface area (Å²) in [7, 11) is 1.95. The van der Waals surface area contributed by atoms with Crippen LogP contribution in [0.1, 0.15) is 44.2 Å². The number of nitrogens with zero attached hydrogens (tertiary/aromatic N) is 4. The topological polar surface area (TPSA) is 67.7 Å². The average Bonchev–Trinajstić information content (AvgIpc) is 3.16. The summed E-state index contributed by atoms with van der Waals surface area (Å²) in [5.41, 5.74) is 1.64. The lowest BCUT2D eigenvalue weighted by Crippen LogP contribution is -2.45. The van der Waals surface area contributed by atoms with Crippen LogP contribution in [0.25, 0.3) is 0 Å². The molecule has 0 aliphatic carbocycles. The van der Waals surface area contributed by atoms with Crippen LogP contribution in [0.2, 0.25) is 0 Å². The number of benzene rings is 1. The van der Waals surface area contributed by atoms with E-state index in [1.165, 1.54) is 4.68 Å². The molecular weight excluding hydrogens is 368 g/mol. The second kappa shape index (κ2) is 7.89. The van der Waals surface area contributed by atoms with Gasteiger partial charge in [0.1, 0.15) is 18.3 Å². The number of aromatic nitrogens is 2. The van der Waals surface area contributed by atoms with Gasteiger partial charge >= 0.3 is 0 Å². The predicted molar refractivity (Wildman–Crippen MR) is 112 cm³/mol. The number of amides is 1. The first kappa shape index (κ1) is 19.5. The second-order valence-electron chi connectivity index (χ2n) is 8.18. The normalized spacial score (nSPS) is 21.0. The first-order valence-electron chi connectivity index (χ1n) is 10.3. The van der Waals surface area contributed by atoms with Crippen LogP contribution in [0, 0.1) is 0 Å². The van der Waals surface area contributed by atoms with E-state index in [0.717, 1.165) is 29.8 Å². The van der Waals surface area contributed by atoms with Crippen LogP contribution >= 0.6 is 0 Å². The quantitative estimate of drug-likeness (QED) is 0.794. The van der Waals surface area contributed by atoms with E-state index in [-0.39, 0.29) is 29.5 Å². The van der Waals surface area contributed by atoms with Crippen molar-refractivity contribution in [2.24, 2.45) is 0 Å². The molecular formula is C22H28N4O3. The molecule has 0 spiro atoms. The number of anilines is 1. The van der Waals surface area contributed by atoms with Crippen LogP contribution in [0.15, 0.2) is 41.3 Å². The zero-order valence-electron chi connectivity index (χ0n) is 17.2. The lowest BCUT2D eigenvalue weighted by molar-refractivity contribution is -0.134. The van der Waals surface area contributed by atoms with Crippen LogP contribution in [-0.2, 0) is 4.79 Å². The Hall–Kier alpha value is -2.83. The molecule has 1 fully saturated rings. The first-order valence-corrected chi connectivity index (χ1v) is 10.3. The largest absolute Gasteiger partial charge is 0.492 e. The number of likely N-dealkylation sites (tertiary alicyclic amines) is 1. The van der Waals surface area contributed by atoms with Crippen molar-refractivity contribution in [3.63, 3.8) is 0 Å². The highest BCUT2D eigenvalue weighted by Gasteiger charge is 2.35. The molecule has 7 nitrogen and oxygen atoms in total. The van der Waals surface area contributed by atoms with Crippen LogP contribution in [0.4, 0.5) is 5.69 Å². The summed E-state index contributed by atoms with van der Waals surface area (Å²) in [4.78, 5) is 29.8. The van der Waals surface area contributed by atoms with Gasteiger partial charge in [0, 0.05) is 37.8 Å². The Morgan fingerprint density at radius 1 is 1.31 bits per heavy atom. The first-order chi connectivity index (χ1) is 14.0. The lowest BCUT2D eigenvalue weighted by Gasteiger charge is -2.34. The van der Waals surface area contributed by atoms with Crippen LogP contribution < -0.4 is 15.2 Å². The molecule has 1 aromatic heterocycles. The Balaban J connectivity index is 1.50. The van der Waals surface area contributed by atoms with Gasteiger partial charge in [0.25, 0.3) is 5.56 Å². The zero-order chi connectivity index (χ0) is 20.5. The molecule has 2 aliphatic heterocycles. The maximum atomic E-state index is 13.2. The van der Waals surface area contributed by atoms with E-state index in [0.29, 0.717) is 19.7 Å². The van der Waals surface area contributed by atoms with Gasteiger partial charge < -0.3 is 14.5 Å². The van der Waals surface area contributed by atoms with Gasteiger partial charge in [-0.1, -0.05) is 18.2 Å². The van der Waals surface area contributed by atoms with Crippen molar-refractivity contribution in [3.05, 3.63) is 52.4 Å². The molecule has 0 N–H and O–H groups in total. The van der Waals surface area contributed by atoms with Crippen molar-refractivity contribution >= 4 is 11.6 Å². The van der Waals surface area contributed by atoms with E-state index < -0.39 is 0 Å². The van der Waals surface area contributed by atoms with Gasteiger partial charge in [-0.05, 0) is 32.8 Å². The third-order valence-corrected chi connectivity index (χ3v) is 6.05. The molecule has 29 heavy (non-hydrogen) atoms. The molecule has 3 heterocycles. The molecule has 0 radical (unpaired) electrons. The Morgan fingerprint density at radius 3 is 2.86 bits per heavy atom. The summed E-state index contributed by atoms with van der Waals surface area (Å²) in [5.74, 6) is 0.600. The fourth-order valence-corrected chi connectivity index (χ4v) is 4.12. The van der Waals surface area contributed by atoms with Crippen molar-refractivity contribution in [1.29, 1.82) is 0 Å². The van der Waals surface area contributed by atoms with E-state index in [1.807, 2.05) is 41.1 Å². The summed E-state index contributed by atoms with van der Waals surface area (Å²) in [6.07, 6.45) is 3.43. The molecule has 0 saturated carbocycles. The van der Waals surface area contributed by atoms with E-state index in [2.05, 4.69) is 18.9 Å². The molecule has 2 atom stereocenters. The van der Waals surface area contributed by atoms with Crippen molar-refractivity contribution in [2.45, 2.75) is 44.7 Å². The van der Waals surface area contributed by atoms with Gasteiger partial charge in [-0.3, -0.25) is 9.59 Å². The molecule has 7 heteroatoms. The minimum absolute atomic E-state index is 0.0730. The van der Waals surface area contributed by atoms with Crippen LogP contribution in [-0.4, -0.2) is 53.4 Å². The fourth-order valence-electron chi connectivity index (χ4n) is 4.12. The molecule has 4 rings (SSSR count). The number of ether oxygens (including phenoxy) is 1. The maximum Gasteiger partial charge on any atom is 0.269 e. The monoisotopic (exact) mass is 396 g/mol. The SMILES string of the molecule is CC(C)N(C)c1cnn([C@@H]2CCCN(C(=O)[C@H]3COc4ccccc43)C2)c(=O)c1. The van der Waals surface area contributed by atoms with Gasteiger partial charge in [0.15, 0.2) is 0 Å². The van der Waals surface area contributed by atoms with Crippen LogP contribution in [0.5, 0.6) is 5.75 Å². The number of hydrogen-bond acceptors (Lipinski definition) is 5. The Morgan fingerprint density at radius 2 is 2.10 bits per heavy atom. The second-order valence-corrected chi connectivity index (χ2v) is 8.18. The fraction of sp³-hybridized carbons (Fsp3) is 0.500. The summed E-state index contributed by atoms with van der Waals surface area (Å²) in [6.45, 7) is 5.73. The van der Waals surface area contributed by atoms with Gasteiger partial charge in [-0.15, -0.1) is 0 Å². The van der Waals surface area contributed by atoms with E-state index in [4.69, 9.17) is 4.74 Å². The summed E-state index contributed by atoms with van der Waals surface area (Å²) < 4.78 is 7.23. The highest BCUT2D eigenvalue weighted by molar-refractivity contribution is 5.85. The highest BCUT2D eigenvalue weighted by atomic mass is 16.5. The highest BCUT2D eigenvalue weighted by Crippen LogP contribution is 2.35. The molecule has 1 aromatic carbocycles. The van der Waals surface area contributed by atoms with E-state index in [9.17, 15) is 9.59 Å². The summed E-state index contributed by atoms with van der Waals surface area (Å²) in [5, 5.41) is 4.43. The number of para-hydroxylation sites is 1. The van der Waals surface area contributed by atoms with Gasteiger partial charge in [-0.25, -0.2) is 4.68 Å². The molecule has 1 amide bonds. The minimum atomic E-state index is -0.267. The van der Waals surface area contributed by atoms with Crippen LogP contribution in [0.3, 0.4) is 0 Å². The Labute approximate surface area is 170 Å². The van der Waals surface area contributed by atoms with Crippen molar-refractivity contribution in [2.75, 3.05) is 31.6 Å². The number of piperidine rings is 1. The van der Waals surface area contributed by atoms with Gasteiger partial charge in [-0.2, -0.15) is 5.10 Å². The van der Waals surface area contributed by atoms with Crippen molar-refractivity contribution in [3.8, 4) is 5.75 Å². The van der Waals surface area contributed by atoms with Crippen molar-refractivity contribution in [1.82, 2.24) is 14.7 Å². The third kappa shape index (κ3) is 3.73. The Kier molecular flexibility index (Phi) is 5.30. The molecule has 2 aromatic rings. The Bertz CT molecular complexity index is 955. The number of hydrogen-bond donors (Lipinski definition) is 0. The van der Waals surface area contributed by atoms with Gasteiger partial charge in [0.2, 0.25) is 5.91 Å². The summed E-state index contributed by atoms with van der Waals surface area (Å²) in [6, 6.07) is 9.54. The predicted octanol–water partition coefficient (Wildman–Crippen LogP) is 2.43. The van der Waals surface area contributed by atoms with Crippen molar-refractivity contribution < 1.29 is 9.53 Å². The molecule has 0 bridgehead atoms. The van der Waals surface area contributed by atoms with Gasteiger partial charge in [0.05, 0.1) is 17.9 Å².